The summed E-state index contributed by atoms with van der Waals surface area (Å²) >= 11 is 3.31. The Kier molecular flexibility index (Phi) is 5.57. The molecule has 1 fully saturated rings. The van der Waals surface area contributed by atoms with Gasteiger partial charge in [-0.15, -0.1) is 0 Å². The largest absolute Gasteiger partial charge is 0.314 e. The molecule has 0 saturated carbocycles. The van der Waals surface area contributed by atoms with E-state index in [0.29, 0.717) is 11.4 Å². The molecule has 1 heterocycles. The van der Waals surface area contributed by atoms with Gasteiger partial charge < -0.3 is 5.32 Å². The zero-order chi connectivity index (χ0) is 14.6. The summed E-state index contributed by atoms with van der Waals surface area (Å²) in [5, 5.41) is 3.29. The number of hydrogen-bond donors (Lipinski definition) is 1. The molecular formula is C13H20BrN3O2S. The normalized spacial score (nSPS) is 17.6. The lowest BCUT2D eigenvalue weighted by Gasteiger charge is -2.28. The van der Waals surface area contributed by atoms with Gasteiger partial charge in [0.15, 0.2) is 0 Å². The van der Waals surface area contributed by atoms with Gasteiger partial charge >= 0.3 is 0 Å². The number of hydrogen-bond acceptors (Lipinski definition) is 4. The Bertz CT molecular complexity index is 544. The average molecular weight is 362 g/mol. The molecule has 112 valence electrons. The summed E-state index contributed by atoms with van der Waals surface area (Å²) in [5.74, 6) is 0. The fourth-order valence-corrected chi connectivity index (χ4v) is 3.90. The minimum atomic E-state index is -3.40. The van der Waals surface area contributed by atoms with Crippen LogP contribution in [0.25, 0.3) is 0 Å². The molecule has 0 bridgehead atoms. The molecule has 5 nitrogen and oxygen atoms in total. The standard InChI is InChI=1S/C13H20BrN3O2S/c1-16(9-10-17-7-5-15-6-8-17)20(18,19)13-4-2-3-12(14)11-13/h2-4,11,15H,5-10H2,1H3. The van der Waals surface area contributed by atoms with Gasteiger partial charge in [0.05, 0.1) is 4.90 Å². The van der Waals surface area contributed by atoms with Gasteiger partial charge in [-0.3, -0.25) is 4.90 Å². The fraction of sp³-hybridized carbons (Fsp3) is 0.538. The topological polar surface area (TPSA) is 52.6 Å². The molecular weight excluding hydrogens is 342 g/mol. The maximum Gasteiger partial charge on any atom is 0.242 e. The molecule has 2 rings (SSSR count). The summed E-state index contributed by atoms with van der Waals surface area (Å²) in [5.41, 5.74) is 0. The van der Waals surface area contributed by atoms with Crippen LogP contribution in [0, 0.1) is 0 Å². The zero-order valence-corrected chi connectivity index (χ0v) is 14.0. The van der Waals surface area contributed by atoms with Crippen LogP contribution >= 0.6 is 15.9 Å². The third-order valence-electron chi connectivity index (χ3n) is 3.44. The Morgan fingerprint density at radius 2 is 2.05 bits per heavy atom. The van der Waals surface area contributed by atoms with Crippen molar-refractivity contribution >= 4 is 26.0 Å². The van der Waals surface area contributed by atoms with E-state index >= 15 is 0 Å². The highest BCUT2D eigenvalue weighted by Crippen LogP contribution is 2.19. The van der Waals surface area contributed by atoms with Crippen LogP contribution in [0.2, 0.25) is 0 Å². The molecule has 0 unspecified atom stereocenters. The van der Waals surface area contributed by atoms with Crippen molar-refractivity contribution in [2.45, 2.75) is 4.90 Å². The monoisotopic (exact) mass is 361 g/mol. The molecule has 20 heavy (non-hydrogen) atoms. The lowest BCUT2D eigenvalue weighted by Crippen LogP contribution is -2.46. The SMILES string of the molecule is CN(CCN1CCNCC1)S(=O)(=O)c1cccc(Br)c1. The highest BCUT2D eigenvalue weighted by Gasteiger charge is 2.21. The molecule has 0 atom stereocenters. The molecule has 1 aromatic carbocycles. The zero-order valence-electron chi connectivity index (χ0n) is 11.5. The Labute approximate surface area is 129 Å². The van der Waals surface area contributed by atoms with E-state index in [-0.39, 0.29) is 0 Å². The average Bonchev–Trinajstić information content (AvgIpc) is 2.45. The van der Waals surface area contributed by atoms with E-state index in [0.717, 1.165) is 37.2 Å². The van der Waals surface area contributed by atoms with Crippen molar-refractivity contribution in [3.63, 3.8) is 0 Å². The molecule has 0 aromatic heterocycles. The van der Waals surface area contributed by atoms with Gasteiger partial charge in [0.1, 0.15) is 0 Å². The number of benzene rings is 1. The van der Waals surface area contributed by atoms with E-state index < -0.39 is 10.0 Å². The van der Waals surface area contributed by atoms with Crippen molar-refractivity contribution in [2.24, 2.45) is 0 Å². The molecule has 1 N–H and O–H groups in total. The number of halogens is 1. The predicted octanol–water partition coefficient (Wildman–Crippen LogP) is 0.975. The Balaban J connectivity index is 1.98. The first-order valence-corrected chi connectivity index (χ1v) is 8.88. The maximum absolute atomic E-state index is 12.4. The lowest BCUT2D eigenvalue weighted by molar-refractivity contribution is 0.229. The number of piperazine rings is 1. The summed E-state index contributed by atoms with van der Waals surface area (Å²) in [6, 6.07) is 6.82. The van der Waals surface area contributed by atoms with Gasteiger partial charge in [-0.25, -0.2) is 8.42 Å². The van der Waals surface area contributed by atoms with Crippen molar-refractivity contribution in [3.8, 4) is 0 Å². The van der Waals surface area contributed by atoms with Crippen LogP contribution in [0.1, 0.15) is 0 Å². The third kappa shape index (κ3) is 4.02. The van der Waals surface area contributed by atoms with E-state index in [1.54, 1.807) is 25.2 Å². The highest BCUT2D eigenvalue weighted by atomic mass is 79.9. The van der Waals surface area contributed by atoms with Crippen LogP contribution in [-0.2, 0) is 10.0 Å². The van der Waals surface area contributed by atoms with Gasteiger partial charge in [0.2, 0.25) is 10.0 Å². The quantitative estimate of drug-likeness (QED) is 0.849. The van der Waals surface area contributed by atoms with Crippen molar-refractivity contribution in [2.75, 3.05) is 46.3 Å². The van der Waals surface area contributed by atoms with Crippen LogP contribution in [0.5, 0.6) is 0 Å². The Hall–Kier alpha value is -0.470. The van der Waals surface area contributed by atoms with Gasteiger partial charge in [0.25, 0.3) is 0 Å². The van der Waals surface area contributed by atoms with Crippen LogP contribution in [0.15, 0.2) is 33.6 Å². The summed E-state index contributed by atoms with van der Waals surface area (Å²) in [4.78, 5) is 2.61. The van der Waals surface area contributed by atoms with Crippen molar-refractivity contribution in [1.82, 2.24) is 14.5 Å². The molecule has 1 aliphatic rings. The summed E-state index contributed by atoms with van der Waals surface area (Å²) in [7, 11) is -1.76. The second kappa shape index (κ2) is 7.00. The molecule has 0 spiro atoms. The number of sulfonamides is 1. The molecule has 0 aliphatic carbocycles. The summed E-state index contributed by atoms with van der Waals surface area (Å²) in [6.45, 7) is 5.18. The van der Waals surface area contributed by atoms with Crippen LogP contribution in [0.4, 0.5) is 0 Å². The number of nitrogens with zero attached hydrogens (tertiary/aromatic N) is 2. The molecule has 1 saturated heterocycles. The van der Waals surface area contributed by atoms with Crippen molar-refractivity contribution in [1.29, 1.82) is 0 Å². The van der Waals surface area contributed by atoms with E-state index in [1.807, 2.05) is 6.07 Å². The van der Waals surface area contributed by atoms with Gasteiger partial charge in [-0.05, 0) is 18.2 Å². The summed E-state index contributed by atoms with van der Waals surface area (Å²) < 4.78 is 27.1. The number of nitrogens with one attached hydrogen (secondary N) is 1. The third-order valence-corrected chi connectivity index (χ3v) is 5.79. The smallest absolute Gasteiger partial charge is 0.242 e. The summed E-state index contributed by atoms with van der Waals surface area (Å²) in [6.07, 6.45) is 0. The Morgan fingerprint density at radius 1 is 1.35 bits per heavy atom. The number of likely N-dealkylation sites (N-methyl/N-ethyl adjacent to an activating group) is 1. The number of rotatable bonds is 5. The van der Waals surface area contributed by atoms with Gasteiger partial charge in [0, 0.05) is 50.8 Å². The first-order chi connectivity index (χ1) is 9.50. The van der Waals surface area contributed by atoms with E-state index in [9.17, 15) is 8.42 Å². The fourth-order valence-electron chi connectivity index (χ4n) is 2.14. The first-order valence-electron chi connectivity index (χ1n) is 6.65. The Morgan fingerprint density at radius 3 is 2.70 bits per heavy atom. The van der Waals surface area contributed by atoms with Crippen LogP contribution in [-0.4, -0.2) is 63.9 Å². The maximum atomic E-state index is 12.4. The van der Waals surface area contributed by atoms with Crippen LogP contribution in [0.3, 0.4) is 0 Å². The minimum absolute atomic E-state index is 0.328. The van der Waals surface area contributed by atoms with E-state index in [4.69, 9.17) is 0 Å². The molecule has 7 heteroatoms. The van der Waals surface area contributed by atoms with Crippen molar-refractivity contribution < 1.29 is 8.42 Å². The van der Waals surface area contributed by atoms with Crippen molar-refractivity contribution in [3.05, 3.63) is 28.7 Å². The second-order valence-corrected chi connectivity index (χ2v) is 7.84. The molecule has 0 radical (unpaired) electrons. The minimum Gasteiger partial charge on any atom is -0.314 e. The molecule has 1 aromatic rings. The molecule has 0 amide bonds. The van der Waals surface area contributed by atoms with Gasteiger partial charge in [-0.2, -0.15) is 4.31 Å². The first kappa shape index (κ1) is 15.9. The molecule has 1 aliphatic heterocycles. The van der Waals surface area contributed by atoms with Gasteiger partial charge in [-0.1, -0.05) is 22.0 Å². The van der Waals surface area contributed by atoms with E-state index in [2.05, 4.69) is 26.1 Å². The lowest BCUT2D eigenvalue weighted by atomic mass is 10.3. The van der Waals surface area contributed by atoms with E-state index in [1.165, 1.54) is 4.31 Å². The second-order valence-electron chi connectivity index (χ2n) is 4.88. The highest BCUT2D eigenvalue weighted by molar-refractivity contribution is 9.10. The predicted molar refractivity (Wildman–Crippen MR) is 83.3 cm³/mol. The van der Waals surface area contributed by atoms with Crippen LogP contribution < -0.4 is 5.32 Å².